The fourth-order valence-electron chi connectivity index (χ4n) is 2.50. The highest BCUT2D eigenvalue weighted by molar-refractivity contribution is 6.01. The Morgan fingerprint density at radius 2 is 1.95 bits per heavy atom. The van der Waals surface area contributed by atoms with Crippen LogP contribution in [0.15, 0.2) is 18.2 Å². The van der Waals surface area contributed by atoms with Crippen LogP contribution in [0.2, 0.25) is 0 Å². The van der Waals surface area contributed by atoms with Crippen LogP contribution in [0.25, 0.3) is 0 Å². The topological polar surface area (TPSA) is 72.9 Å². The van der Waals surface area contributed by atoms with Gasteiger partial charge in [0, 0.05) is 19.6 Å². The van der Waals surface area contributed by atoms with Gasteiger partial charge in [-0.05, 0) is 38.6 Å². The molecule has 1 aromatic carbocycles. The number of carbonyl (C=O) groups is 2. The van der Waals surface area contributed by atoms with Gasteiger partial charge in [-0.25, -0.2) is 9.59 Å². The minimum Gasteiger partial charge on any atom is -0.478 e. The Morgan fingerprint density at radius 3 is 2.67 bits per heavy atom. The summed E-state index contributed by atoms with van der Waals surface area (Å²) in [6, 6.07) is 4.85. The van der Waals surface area contributed by atoms with E-state index in [4.69, 9.17) is 0 Å². The van der Waals surface area contributed by atoms with Crippen LogP contribution in [0.3, 0.4) is 0 Å². The quantitative estimate of drug-likeness (QED) is 0.872. The lowest BCUT2D eigenvalue weighted by Gasteiger charge is -2.22. The van der Waals surface area contributed by atoms with Gasteiger partial charge < -0.3 is 20.2 Å². The van der Waals surface area contributed by atoms with E-state index in [9.17, 15) is 14.7 Å². The smallest absolute Gasteiger partial charge is 0.338 e. The molecular formula is C15H21N3O3. The lowest BCUT2D eigenvalue weighted by molar-refractivity contribution is 0.0697. The number of amides is 2. The summed E-state index contributed by atoms with van der Waals surface area (Å²) >= 11 is 0. The molecule has 0 radical (unpaired) electrons. The standard InChI is InChI=1S/C15H21N3O3/c1-11-5-3-6-12(13(11)14(19)20)16-15(21)18-8-4-7-17(2)9-10-18/h3,5-6H,4,7-10H2,1-2H3,(H,16,21)(H,19,20). The third kappa shape index (κ3) is 3.72. The maximum absolute atomic E-state index is 12.3. The average Bonchev–Trinajstić information content (AvgIpc) is 2.63. The third-order valence-corrected chi connectivity index (χ3v) is 3.73. The highest BCUT2D eigenvalue weighted by atomic mass is 16.4. The molecule has 0 aliphatic carbocycles. The van der Waals surface area contributed by atoms with Crippen molar-refractivity contribution in [2.45, 2.75) is 13.3 Å². The van der Waals surface area contributed by atoms with Crippen LogP contribution in [0.5, 0.6) is 0 Å². The van der Waals surface area contributed by atoms with Crippen LogP contribution in [0, 0.1) is 6.92 Å². The maximum atomic E-state index is 12.3. The molecular weight excluding hydrogens is 270 g/mol. The Kier molecular flexibility index (Phi) is 4.80. The first-order chi connectivity index (χ1) is 9.99. The molecule has 1 fully saturated rings. The second-order valence-corrected chi connectivity index (χ2v) is 5.38. The van der Waals surface area contributed by atoms with E-state index in [0.717, 1.165) is 19.5 Å². The van der Waals surface area contributed by atoms with E-state index in [1.165, 1.54) is 0 Å². The van der Waals surface area contributed by atoms with Crippen molar-refractivity contribution in [3.05, 3.63) is 29.3 Å². The molecule has 1 aromatic rings. The van der Waals surface area contributed by atoms with Gasteiger partial charge in [-0.15, -0.1) is 0 Å². The number of benzene rings is 1. The summed E-state index contributed by atoms with van der Waals surface area (Å²) in [6.07, 6.45) is 0.920. The summed E-state index contributed by atoms with van der Waals surface area (Å²) in [5, 5.41) is 12.0. The molecule has 2 amide bonds. The summed E-state index contributed by atoms with van der Waals surface area (Å²) in [5.74, 6) is -1.03. The number of anilines is 1. The van der Waals surface area contributed by atoms with Gasteiger partial charge in [-0.2, -0.15) is 0 Å². The molecule has 1 aliphatic heterocycles. The maximum Gasteiger partial charge on any atom is 0.338 e. The van der Waals surface area contributed by atoms with Gasteiger partial charge in [-0.3, -0.25) is 0 Å². The first-order valence-corrected chi connectivity index (χ1v) is 7.06. The van der Waals surface area contributed by atoms with Gasteiger partial charge in [0.25, 0.3) is 0 Å². The monoisotopic (exact) mass is 291 g/mol. The molecule has 114 valence electrons. The molecule has 1 saturated heterocycles. The predicted molar refractivity (Wildman–Crippen MR) is 80.8 cm³/mol. The number of likely N-dealkylation sites (N-methyl/N-ethyl adjacent to an activating group) is 1. The summed E-state index contributed by atoms with van der Waals surface area (Å²) in [4.78, 5) is 27.6. The van der Waals surface area contributed by atoms with Crippen molar-refractivity contribution in [2.24, 2.45) is 0 Å². The van der Waals surface area contributed by atoms with Crippen molar-refractivity contribution < 1.29 is 14.7 Å². The highest BCUT2D eigenvalue weighted by Crippen LogP contribution is 2.20. The van der Waals surface area contributed by atoms with Crippen molar-refractivity contribution in [3.63, 3.8) is 0 Å². The van der Waals surface area contributed by atoms with Crippen LogP contribution in [-0.2, 0) is 0 Å². The predicted octanol–water partition coefficient (Wildman–Crippen LogP) is 1.86. The van der Waals surface area contributed by atoms with E-state index in [0.29, 0.717) is 24.3 Å². The molecule has 0 spiro atoms. The highest BCUT2D eigenvalue weighted by Gasteiger charge is 2.20. The number of hydrogen-bond donors (Lipinski definition) is 2. The van der Waals surface area contributed by atoms with Gasteiger partial charge in [0.1, 0.15) is 0 Å². The molecule has 2 rings (SSSR count). The molecule has 6 heteroatoms. The van der Waals surface area contributed by atoms with Crippen molar-refractivity contribution in [2.75, 3.05) is 38.5 Å². The zero-order valence-electron chi connectivity index (χ0n) is 12.4. The Hall–Kier alpha value is -2.08. The Balaban J connectivity index is 2.12. The third-order valence-electron chi connectivity index (χ3n) is 3.73. The number of carboxylic acids is 1. The van der Waals surface area contributed by atoms with E-state index >= 15 is 0 Å². The first-order valence-electron chi connectivity index (χ1n) is 7.06. The summed E-state index contributed by atoms with van der Waals surface area (Å²) in [7, 11) is 2.03. The minimum atomic E-state index is -1.03. The van der Waals surface area contributed by atoms with Gasteiger partial charge in [0.2, 0.25) is 0 Å². The second kappa shape index (κ2) is 6.58. The van der Waals surface area contributed by atoms with Crippen LogP contribution in [0.4, 0.5) is 10.5 Å². The SMILES string of the molecule is Cc1cccc(NC(=O)N2CCCN(C)CC2)c1C(=O)O. The van der Waals surface area contributed by atoms with Gasteiger partial charge in [-0.1, -0.05) is 12.1 Å². The fraction of sp³-hybridized carbons (Fsp3) is 0.467. The van der Waals surface area contributed by atoms with Crippen molar-refractivity contribution in [1.82, 2.24) is 9.80 Å². The Morgan fingerprint density at radius 1 is 1.19 bits per heavy atom. The number of carbonyl (C=O) groups excluding carboxylic acids is 1. The summed E-state index contributed by atoms with van der Waals surface area (Å²) in [5.41, 5.74) is 1.14. The Labute approximate surface area is 124 Å². The van der Waals surface area contributed by atoms with Crippen LogP contribution in [0.1, 0.15) is 22.3 Å². The van der Waals surface area contributed by atoms with E-state index in [1.807, 2.05) is 7.05 Å². The molecule has 6 nitrogen and oxygen atoms in total. The van der Waals surface area contributed by atoms with Gasteiger partial charge in [0.05, 0.1) is 11.3 Å². The fourth-order valence-corrected chi connectivity index (χ4v) is 2.50. The van der Waals surface area contributed by atoms with Gasteiger partial charge >= 0.3 is 12.0 Å². The largest absolute Gasteiger partial charge is 0.478 e. The molecule has 0 saturated carbocycles. The second-order valence-electron chi connectivity index (χ2n) is 5.38. The molecule has 0 unspecified atom stereocenters. The van der Waals surface area contributed by atoms with Crippen LogP contribution in [-0.4, -0.2) is 60.1 Å². The first kappa shape index (κ1) is 15.3. The van der Waals surface area contributed by atoms with E-state index < -0.39 is 5.97 Å². The van der Waals surface area contributed by atoms with Crippen molar-refractivity contribution in [3.8, 4) is 0 Å². The number of hydrogen-bond acceptors (Lipinski definition) is 3. The number of nitrogens with zero attached hydrogens (tertiary/aromatic N) is 2. The van der Waals surface area contributed by atoms with E-state index in [2.05, 4.69) is 10.2 Å². The molecule has 2 N–H and O–H groups in total. The van der Waals surface area contributed by atoms with Gasteiger partial charge in [0.15, 0.2) is 0 Å². The lowest BCUT2D eigenvalue weighted by atomic mass is 10.1. The normalized spacial score (nSPS) is 16.4. The number of aryl methyl sites for hydroxylation is 1. The van der Waals surface area contributed by atoms with Crippen LogP contribution < -0.4 is 5.32 Å². The van der Waals surface area contributed by atoms with Crippen molar-refractivity contribution >= 4 is 17.7 Å². The zero-order chi connectivity index (χ0) is 15.4. The number of nitrogens with one attached hydrogen (secondary N) is 1. The molecule has 0 aromatic heterocycles. The molecule has 0 bridgehead atoms. The molecule has 0 atom stereocenters. The molecule has 1 aliphatic rings. The van der Waals surface area contributed by atoms with Crippen LogP contribution >= 0.6 is 0 Å². The number of aromatic carboxylic acids is 1. The minimum absolute atomic E-state index is 0.151. The lowest BCUT2D eigenvalue weighted by Crippen LogP contribution is -2.38. The zero-order valence-corrected chi connectivity index (χ0v) is 12.4. The van der Waals surface area contributed by atoms with E-state index in [1.54, 1.807) is 30.0 Å². The summed E-state index contributed by atoms with van der Waals surface area (Å²) < 4.78 is 0. The van der Waals surface area contributed by atoms with E-state index in [-0.39, 0.29) is 11.6 Å². The molecule has 21 heavy (non-hydrogen) atoms. The molecule has 1 heterocycles. The number of urea groups is 1. The Bertz CT molecular complexity index is 545. The number of carboxylic acid groups (broad SMARTS) is 1. The summed E-state index contributed by atoms with van der Waals surface area (Å²) in [6.45, 7) is 4.85. The van der Waals surface area contributed by atoms with Crippen molar-refractivity contribution in [1.29, 1.82) is 0 Å². The number of rotatable bonds is 2. The average molecular weight is 291 g/mol.